The van der Waals surface area contributed by atoms with Crippen LogP contribution in [0.1, 0.15) is 0 Å². The average molecular weight is 327 g/mol. The molecule has 0 rings (SSSR count). The Morgan fingerprint density at radius 3 is 1.50 bits per heavy atom. The van der Waals surface area contributed by atoms with Crippen LogP contribution in [0.3, 0.4) is 0 Å². The molecule has 0 atom stereocenters. The molecule has 0 bridgehead atoms. The summed E-state index contributed by atoms with van der Waals surface area (Å²) in [5, 5.41) is 0. The second kappa shape index (κ2) is 4.18. The van der Waals surface area contributed by atoms with E-state index in [1.807, 2.05) is 0 Å². The van der Waals surface area contributed by atoms with E-state index in [0.717, 1.165) is 0 Å². The minimum absolute atomic E-state index is 1.74. The Hall–Kier alpha value is 2.23. The molecule has 0 saturated carbocycles. The summed E-state index contributed by atoms with van der Waals surface area (Å²) >= 11 is 12.7. The van der Waals surface area contributed by atoms with Crippen LogP contribution < -0.4 is 0 Å². The molecule has 0 spiro atoms. The summed E-state index contributed by atoms with van der Waals surface area (Å²) in [4.78, 5) is 0. The monoisotopic (exact) mass is 324 g/mol. The van der Waals surface area contributed by atoms with Crippen LogP contribution in [0.15, 0.2) is 0 Å². The summed E-state index contributed by atoms with van der Waals surface area (Å²) in [5.41, 5.74) is 0. The zero-order valence-electron chi connectivity index (χ0n) is 3.25. The Morgan fingerprint density at radius 2 is 1.50 bits per heavy atom. The van der Waals surface area contributed by atoms with Crippen LogP contribution >= 0.6 is 52.5 Å². The van der Waals surface area contributed by atoms with Crippen LogP contribution in [-0.2, 0) is 3.02 Å². The topological polar surface area (TPSA) is 9.23 Å². The van der Waals surface area contributed by atoms with Crippen LogP contribution in [0.2, 0.25) is 0 Å². The van der Waals surface area contributed by atoms with Gasteiger partial charge in [-0.1, -0.05) is 0 Å². The van der Waals surface area contributed by atoms with Gasteiger partial charge in [-0.3, -0.25) is 0 Å². The third kappa shape index (κ3) is 8.23. The van der Waals surface area contributed by atoms with E-state index in [9.17, 15) is 0 Å². The SMILES string of the molecule is [Cl][Sb-]([Cl])[O]C(Cl)(Cl)Cl. The van der Waals surface area contributed by atoms with Crippen molar-refractivity contribution in [3.05, 3.63) is 0 Å². The summed E-state index contributed by atoms with van der Waals surface area (Å²) in [6.07, 6.45) is 0. The Morgan fingerprint density at radius 1 is 1.12 bits per heavy atom. The Balaban J connectivity index is 3.39. The molecule has 1 radical (unpaired) electrons. The number of alkyl halides is 3. The second-order valence-electron chi connectivity index (χ2n) is 0.739. The van der Waals surface area contributed by atoms with Gasteiger partial charge in [-0.2, -0.15) is 0 Å². The van der Waals surface area contributed by atoms with Gasteiger partial charge in [-0.25, -0.2) is 0 Å². The van der Waals surface area contributed by atoms with Gasteiger partial charge in [0.05, 0.1) is 0 Å². The van der Waals surface area contributed by atoms with E-state index >= 15 is 0 Å². The molecule has 0 aliphatic carbocycles. The van der Waals surface area contributed by atoms with Gasteiger partial charge >= 0.3 is 77.8 Å². The number of hydrogen-bond donors (Lipinski definition) is 0. The van der Waals surface area contributed by atoms with E-state index in [2.05, 4.69) is 3.02 Å². The molecule has 0 saturated heterocycles. The quantitative estimate of drug-likeness (QED) is 0.532. The molecule has 0 aliphatic rings. The second-order valence-corrected chi connectivity index (χ2v) is 9.87. The number of rotatable bonds is 1. The fourth-order valence-corrected chi connectivity index (χ4v) is 4.72. The molecule has 1 nitrogen and oxygen atoms in total. The molecular formula is CCl5OSb-. The maximum absolute atomic E-state index is 5.24. The summed E-state index contributed by atoms with van der Waals surface area (Å²) in [6.45, 7) is 0. The first-order chi connectivity index (χ1) is 3.42. The Kier molecular flexibility index (Phi) is 5.34. The van der Waals surface area contributed by atoms with E-state index in [1.165, 1.54) is 0 Å². The van der Waals surface area contributed by atoms with Crippen LogP contribution in [0.4, 0.5) is 0 Å². The van der Waals surface area contributed by atoms with E-state index in [4.69, 9.17) is 52.5 Å². The maximum atomic E-state index is 5.24. The van der Waals surface area contributed by atoms with Crippen LogP contribution in [0.25, 0.3) is 0 Å². The molecule has 0 amide bonds. The van der Waals surface area contributed by atoms with Gasteiger partial charge < -0.3 is 0 Å². The van der Waals surface area contributed by atoms with Crippen molar-refractivity contribution in [2.45, 2.75) is 3.98 Å². The zero-order valence-corrected chi connectivity index (χ0v) is 9.58. The molecule has 7 heteroatoms. The van der Waals surface area contributed by atoms with Crippen molar-refractivity contribution in [3.8, 4) is 0 Å². The predicted octanol–water partition coefficient (Wildman–Crippen LogP) is 2.79. The fraction of sp³-hybridized carbons (Fsp3) is 1.00. The molecule has 0 N–H and O–H groups in total. The van der Waals surface area contributed by atoms with Crippen molar-refractivity contribution in [2.24, 2.45) is 0 Å². The van der Waals surface area contributed by atoms with E-state index in [-0.39, 0.29) is 0 Å². The number of halogens is 5. The van der Waals surface area contributed by atoms with Crippen molar-refractivity contribution in [1.29, 1.82) is 0 Å². The van der Waals surface area contributed by atoms with Gasteiger partial charge in [0.2, 0.25) is 0 Å². The molecule has 0 aromatic rings. The molecule has 0 aliphatic heterocycles. The molecular weight excluding hydrogens is 327 g/mol. The third-order valence-corrected chi connectivity index (χ3v) is 3.47. The van der Waals surface area contributed by atoms with Crippen molar-refractivity contribution >= 4 is 70.8 Å². The van der Waals surface area contributed by atoms with Crippen molar-refractivity contribution in [2.75, 3.05) is 0 Å². The van der Waals surface area contributed by atoms with E-state index in [0.29, 0.717) is 0 Å². The van der Waals surface area contributed by atoms with Crippen LogP contribution in [0.5, 0.6) is 0 Å². The average Bonchev–Trinajstić information content (AvgIpc) is 1.21. The van der Waals surface area contributed by atoms with Crippen molar-refractivity contribution in [3.63, 3.8) is 0 Å². The van der Waals surface area contributed by atoms with E-state index < -0.39 is 22.3 Å². The normalized spacial score (nSPS) is 12.8. The number of hydrogen-bond acceptors (Lipinski definition) is 1. The van der Waals surface area contributed by atoms with Crippen molar-refractivity contribution in [1.82, 2.24) is 0 Å². The first-order valence-electron chi connectivity index (χ1n) is 1.29. The standard InChI is InChI=1S/CCl3O.2ClH.Sb/c2-1(3,4)5;;;/h;2*1H;/q-1;;;+2/p-2. The molecule has 0 heterocycles. The van der Waals surface area contributed by atoms with Crippen LogP contribution in [-0.4, -0.2) is 22.3 Å². The van der Waals surface area contributed by atoms with Gasteiger partial charge in [0.25, 0.3) is 0 Å². The minimum atomic E-state index is -2.61. The third-order valence-electron chi connectivity index (χ3n) is 0.173. The van der Waals surface area contributed by atoms with Gasteiger partial charge in [0, 0.05) is 0 Å². The van der Waals surface area contributed by atoms with Gasteiger partial charge in [0.1, 0.15) is 0 Å². The van der Waals surface area contributed by atoms with Gasteiger partial charge in [-0.15, -0.1) is 0 Å². The summed E-state index contributed by atoms with van der Waals surface area (Å²) < 4.78 is 2.70. The summed E-state index contributed by atoms with van der Waals surface area (Å²) in [6, 6.07) is 0. The van der Waals surface area contributed by atoms with E-state index in [1.54, 1.807) is 0 Å². The molecule has 0 fully saturated rings. The predicted molar refractivity (Wildman–Crippen MR) is 38.8 cm³/mol. The zero-order chi connectivity index (χ0) is 6.78. The molecule has 0 aromatic heterocycles. The molecule has 0 aromatic carbocycles. The van der Waals surface area contributed by atoms with Gasteiger partial charge in [0.15, 0.2) is 0 Å². The first kappa shape index (κ1) is 10.2. The first-order valence-corrected chi connectivity index (χ1v) is 9.93. The summed E-state index contributed by atoms with van der Waals surface area (Å²) in [5.74, 6) is 0. The van der Waals surface area contributed by atoms with Crippen LogP contribution in [0, 0.1) is 0 Å². The summed E-state index contributed by atoms with van der Waals surface area (Å²) in [7, 11) is 10.5. The molecule has 0 unspecified atom stereocenters. The fourth-order valence-electron chi connectivity index (χ4n) is 0.0782. The molecule has 51 valence electrons. The Labute approximate surface area is 77.0 Å². The van der Waals surface area contributed by atoms with Crippen molar-refractivity contribution < 1.29 is 3.02 Å². The Bertz CT molecular complexity index is 67.3. The van der Waals surface area contributed by atoms with Gasteiger partial charge in [-0.05, 0) is 0 Å². The molecule has 8 heavy (non-hydrogen) atoms.